The maximum Gasteiger partial charge on any atom is 0.490 e. The van der Waals surface area contributed by atoms with Gasteiger partial charge in [0.05, 0.1) is 6.42 Å². The molecule has 0 aromatic heterocycles. The van der Waals surface area contributed by atoms with Crippen LogP contribution in [0.5, 0.6) is 0 Å². The Labute approximate surface area is 147 Å². The van der Waals surface area contributed by atoms with Gasteiger partial charge < -0.3 is 20.0 Å². The van der Waals surface area contributed by atoms with Crippen molar-refractivity contribution < 1.29 is 37.8 Å². The Morgan fingerprint density at radius 3 is 2.19 bits per heavy atom. The largest absolute Gasteiger partial charge is 0.490 e. The van der Waals surface area contributed by atoms with Gasteiger partial charge in [0.25, 0.3) is 0 Å². The zero-order chi connectivity index (χ0) is 19.9. The second kappa shape index (κ2) is 9.18. The fraction of sp³-hybridized carbons (Fsp3) is 0.438. The van der Waals surface area contributed by atoms with Crippen LogP contribution in [0.3, 0.4) is 0 Å². The number of carboxylic acid groups (broad SMARTS) is 2. The maximum atomic E-state index is 12.2. The number of aliphatic carboxylic acids is 2. The molecule has 1 aromatic carbocycles. The lowest BCUT2D eigenvalue weighted by Gasteiger charge is -2.22. The molecule has 1 amide bonds. The molecule has 1 heterocycles. The number of fused-ring (bicyclic) bond motifs is 1. The van der Waals surface area contributed by atoms with E-state index in [0.29, 0.717) is 6.54 Å². The molecule has 0 bridgehead atoms. The molecule has 0 radical (unpaired) electrons. The number of nitrogens with zero attached hydrogens (tertiary/aromatic N) is 2. The predicted molar refractivity (Wildman–Crippen MR) is 85.7 cm³/mol. The molecule has 0 unspecified atom stereocenters. The van der Waals surface area contributed by atoms with Crippen LogP contribution < -0.4 is 4.90 Å². The van der Waals surface area contributed by atoms with Gasteiger partial charge in [-0.1, -0.05) is 18.2 Å². The normalized spacial score (nSPS) is 14.5. The number of halogens is 3. The van der Waals surface area contributed by atoms with Crippen molar-refractivity contribution in [1.29, 1.82) is 0 Å². The van der Waals surface area contributed by atoms with E-state index in [1.165, 1.54) is 0 Å². The summed E-state index contributed by atoms with van der Waals surface area (Å²) < 4.78 is 31.7. The first-order chi connectivity index (χ1) is 12.0. The van der Waals surface area contributed by atoms with E-state index in [0.717, 1.165) is 24.3 Å². The third-order valence-electron chi connectivity index (χ3n) is 3.52. The van der Waals surface area contributed by atoms with Crippen molar-refractivity contribution in [2.75, 3.05) is 25.0 Å². The SMILES string of the molecule is CN1CCN(C(=O)CCC(=O)O)c2ccccc2C1.O=C(O)C(F)(F)F. The van der Waals surface area contributed by atoms with Crippen LogP contribution in [0.4, 0.5) is 18.9 Å². The minimum atomic E-state index is -5.08. The van der Waals surface area contributed by atoms with Gasteiger partial charge in [-0.15, -0.1) is 0 Å². The van der Waals surface area contributed by atoms with Crippen molar-refractivity contribution in [2.45, 2.75) is 25.6 Å². The van der Waals surface area contributed by atoms with Crippen molar-refractivity contribution in [3.63, 3.8) is 0 Å². The summed E-state index contributed by atoms with van der Waals surface area (Å²) in [7, 11) is 2.02. The van der Waals surface area contributed by atoms with Crippen LogP contribution in [-0.4, -0.2) is 59.3 Å². The molecule has 0 spiro atoms. The van der Waals surface area contributed by atoms with Crippen LogP contribution in [0.1, 0.15) is 18.4 Å². The summed E-state index contributed by atoms with van der Waals surface area (Å²) >= 11 is 0. The number of benzene rings is 1. The average Bonchev–Trinajstić information content (AvgIpc) is 2.70. The highest BCUT2D eigenvalue weighted by molar-refractivity contribution is 5.95. The van der Waals surface area contributed by atoms with E-state index >= 15 is 0 Å². The van der Waals surface area contributed by atoms with Crippen LogP contribution >= 0.6 is 0 Å². The molecule has 0 atom stereocenters. The quantitative estimate of drug-likeness (QED) is 0.837. The molecule has 26 heavy (non-hydrogen) atoms. The van der Waals surface area contributed by atoms with E-state index in [1.807, 2.05) is 31.3 Å². The molecule has 0 fully saturated rings. The molecule has 144 valence electrons. The lowest BCUT2D eigenvalue weighted by Crippen LogP contribution is -2.35. The molecule has 0 aliphatic carbocycles. The van der Waals surface area contributed by atoms with Gasteiger partial charge in [-0.3, -0.25) is 9.59 Å². The summed E-state index contributed by atoms with van der Waals surface area (Å²) in [5, 5.41) is 15.8. The zero-order valence-electron chi connectivity index (χ0n) is 14.0. The Kier molecular flexibility index (Phi) is 7.56. The molecule has 10 heteroatoms. The van der Waals surface area contributed by atoms with Crippen LogP contribution in [-0.2, 0) is 20.9 Å². The Morgan fingerprint density at radius 2 is 1.65 bits per heavy atom. The third kappa shape index (κ3) is 6.71. The van der Waals surface area contributed by atoms with Crippen LogP contribution in [0.15, 0.2) is 24.3 Å². The molecular formula is C16H19F3N2O5. The number of carbonyl (C=O) groups is 3. The van der Waals surface area contributed by atoms with E-state index in [9.17, 15) is 22.8 Å². The number of carbonyl (C=O) groups excluding carboxylic acids is 1. The number of hydrogen-bond acceptors (Lipinski definition) is 4. The number of hydrogen-bond donors (Lipinski definition) is 2. The Balaban J connectivity index is 0.000000412. The van der Waals surface area contributed by atoms with Gasteiger partial charge in [-0.25, -0.2) is 4.79 Å². The minimum absolute atomic E-state index is 0.0490. The average molecular weight is 376 g/mol. The van der Waals surface area contributed by atoms with Gasteiger partial charge in [-0.05, 0) is 18.7 Å². The molecule has 1 aliphatic heterocycles. The predicted octanol–water partition coefficient (Wildman–Crippen LogP) is 1.96. The monoisotopic (exact) mass is 376 g/mol. The fourth-order valence-electron chi connectivity index (χ4n) is 2.28. The van der Waals surface area contributed by atoms with Gasteiger partial charge >= 0.3 is 18.1 Å². The second-order valence-electron chi connectivity index (χ2n) is 5.61. The van der Waals surface area contributed by atoms with Crippen molar-refractivity contribution >= 4 is 23.5 Å². The van der Waals surface area contributed by atoms with Crippen molar-refractivity contribution in [3.8, 4) is 0 Å². The molecule has 2 rings (SSSR count). The van der Waals surface area contributed by atoms with Crippen molar-refractivity contribution in [3.05, 3.63) is 29.8 Å². The van der Waals surface area contributed by atoms with Crippen LogP contribution in [0.25, 0.3) is 0 Å². The van der Waals surface area contributed by atoms with Crippen molar-refractivity contribution in [1.82, 2.24) is 4.90 Å². The number of rotatable bonds is 3. The van der Waals surface area contributed by atoms with Gasteiger partial charge in [0.1, 0.15) is 0 Å². The summed E-state index contributed by atoms with van der Waals surface area (Å²) in [4.78, 5) is 35.5. The van der Waals surface area contributed by atoms with Crippen LogP contribution in [0, 0.1) is 0 Å². The van der Waals surface area contributed by atoms with Gasteiger partial charge in [-0.2, -0.15) is 13.2 Å². The first-order valence-corrected chi connectivity index (χ1v) is 7.61. The van der Waals surface area contributed by atoms with E-state index in [2.05, 4.69) is 4.90 Å². The lowest BCUT2D eigenvalue weighted by molar-refractivity contribution is -0.192. The number of alkyl halides is 3. The summed E-state index contributed by atoms with van der Waals surface area (Å²) in [6.07, 6.45) is -5.15. The zero-order valence-corrected chi connectivity index (χ0v) is 14.0. The van der Waals surface area contributed by atoms with Crippen LogP contribution in [0.2, 0.25) is 0 Å². The smallest absolute Gasteiger partial charge is 0.481 e. The molecule has 1 aromatic rings. The van der Waals surface area contributed by atoms with E-state index in [1.54, 1.807) is 4.90 Å². The summed E-state index contributed by atoms with van der Waals surface area (Å²) in [5.74, 6) is -3.81. The van der Waals surface area contributed by atoms with E-state index in [-0.39, 0.29) is 18.7 Å². The Hall–Kier alpha value is -2.62. The van der Waals surface area contributed by atoms with E-state index < -0.39 is 18.1 Å². The number of anilines is 1. The topological polar surface area (TPSA) is 98.2 Å². The molecule has 1 aliphatic rings. The molecule has 2 N–H and O–H groups in total. The first-order valence-electron chi connectivity index (χ1n) is 7.61. The second-order valence-corrected chi connectivity index (χ2v) is 5.61. The lowest BCUT2D eigenvalue weighted by atomic mass is 10.1. The van der Waals surface area contributed by atoms with E-state index in [4.69, 9.17) is 15.0 Å². The van der Waals surface area contributed by atoms with Gasteiger partial charge in [0, 0.05) is 31.7 Å². The summed E-state index contributed by atoms with van der Waals surface area (Å²) in [6.45, 7) is 2.19. The fourth-order valence-corrected chi connectivity index (χ4v) is 2.28. The number of amides is 1. The van der Waals surface area contributed by atoms with Gasteiger partial charge in [0.2, 0.25) is 5.91 Å². The highest BCUT2D eigenvalue weighted by Gasteiger charge is 2.38. The summed E-state index contributed by atoms with van der Waals surface area (Å²) in [6, 6.07) is 7.79. The number of para-hydroxylation sites is 1. The highest BCUT2D eigenvalue weighted by Crippen LogP contribution is 2.25. The molecule has 0 saturated heterocycles. The summed E-state index contributed by atoms with van der Waals surface area (Å²) in [5.41, 5.74) is 2.01. The molecule has 7 nitrogen and oxygen atoms in total. The Morgan fingerprint density at radius 1 is 1.08 bits per heavy atom. The Bertz CT molecular complexity index is 664. The maximum absolute atomic E-state index is 12.2. The van der Waals surface area contributed by atoms with Gasteiger partial charge in [0.15, 0.2) is 0 Å². The minimum Gasteiger partial charge on any atom is -0.481 e. The highest BCUT2D eigenvalue weighted by atomic mass is 19.4. The number of carboxylic acids is 2. The molecule has 0 saturated carbocycles. The molecular weight excluding hydrogens is 357 g/mol. The van der Waals surface area contributed by atoms with Crippen molar-refractivity contribution in [2.24, 2.45) is 0 Å². The number of likely N-dealkylation sites (N-methyl/N-ethyl adjacent to an activating group) is 1. The standard InChI is InChI=1S/C14H18N2O3.C2HF3O2/c1-15-8-9-16(13(17)6-7-14(18)19)12-5-3-2-4-11(12)10-15;3-2(4,5)1(6)7/h2-5H,6-10H2,1H3,(H,18,19);(H,6,7). The third-order valence-corrected chi connectivity index (χ3v) is 3.52. The first kappa shape index (κ1) is 21.4.